The molecule has 6 nitrogen and oxygen atoms in total. The van der Waals surface area contributed by atoms with Crippen molar-refractivity contribution >= 4 is 17.6 Å². The average molecular weight is 518 g/mol. The number of carboxylic acids is 1. The highest BCUT2D eigenvalue weighted by Crippen LogP contribution is 2.52. The van der Waals surface area contributed by atoms with Crippen LogP contribution in [0.2, 0.25) is 5.02 Å². The molecule has 7 heteroatoms. The summed E-state index contributed by atoms with van der Waals surface area (Å²) in [6, 6.07) is 12.3. The first-order valence-corrected chi connectivity index (χ1v) is 13.0. The van der Waals surface area contributed by atoms with Crippen molar-refractivity contribution < 1.29 is 24.1 Å². The third-order valence-corrected chi connectivity index (χ3v) is 7.73. The van der Waals surface area contributed by atoms with Crippen LogP contribution in [0.1, 0.15) is 49.3 Å². The summed E-state index contributed by atoms with van der Waals surface area (Å²) in [6.07, 6.45) is 3.70. The minimum Gasteiger partial charge on any atom is -0.493 e. The molecule has 1 N–H and O–H groups in total. The van der Waals surface area contributed by atoms with Crippen molar-refractivity contribution in [3.8, 4) is 11.5 Å². The number of rotatable bonds is 13. The molecule has 1 aliphatic carbocycles. The predicted octanol–water partition coefficient (Wildman–Crippen LogP) is 5.70. The molecule has 0 saturated heterocycles. The Kier molecular flexibility index (Phi) is 10.1. The van der Waals surface area contributed by atoms with Crippen LogP contribution in [0.3, 0.4) is 0 Å². The molecular weight excluding hydrogens is 478 g/mol. The summed E-state index contributed by atoms with van der Waals surface area (Å²) in [7, 11) is 5.44. The molecule has 2 aromatic carbocycles. The van der Waals surface area contributed by atoms with Gasteiger partial charge in [0.15, 0.2) is 11.5 Å². The number of fused-ring (bicyclic) bond motifs is 1. The van der Waals surface area contributed by atoms with E-state index in [1.54, 1.807) is 14.2 Å². The molecule has 0 aromatic heterocycles. The third kappa shape index (κ3) is 6.93. The lowest BCUT2D eigenvalue weighted by atomic mass is 9.59. The number of halogens is 1. The predicted molar refractivity (Wildman–Crippen MR) is 144 cm³/mol. The molecule has 0 unspecified atom stereocenters. The molecule has 198 valence electrons. The summed E-state index contributed by atoms with van der Waals surface area (Å²) in [6.45, 7) is 6.47. The highest BCUT2D eigenvalue weighted by molar-refractivity contribution is 6.30. The number of aliphatic carboxylic acids is 1. The lowest BCUT2D eigenvalue weighted by Crippen LogP contribution is -2.43. The van der Waals surface area contributed by atoms with E-state index in [1.165, 1.54) is 16.7 Å². The van der Waals surface area contributed by atoms with Crippen LogP contribution >= 0.6 is 11.6 Å². The summed E-state index contributed by atoms with van der Waals surface area (Å²) in [4.78, 5) is 13.6. The quantitative estimate of drug-likeness (QED) is 0.368. The number of hydrogen-bond donors (Lipinski definition) is 1. The second kappa shape index (κ2) is 12.8. The van der Waals surface area contributed by atoms with E-state index in [-0.39, 0.29) is 17.9 Å². The van der Waals surface area contributed by atoms with Crippen LogP contribution in [0.25, 0.3) is 0 Å². The molecule has 0 amide bonds. The molecule has 0 saturated carbocycles. The molecular formula is C29H40ClNO5. The van der Waals surface area contributed by atoms with Gasteiger partial charge >= 0.3 is 5.97 Å². The largest absolute Gasteiger partial charge is 0.493 e. The lowest BCUT2D eigenvalue weighted by molar-refractivity contribution is -0.144. The number of nitrogens with zero attached hydrogens (tertiary/aromatic N) is 1. The van der Waals surface area contributed by atoms with Gasteiger partial charge in [0.2, 0.25) is 0 Å². The topological polar surface area (TPSA) is 68.2 Å². The van der Waals surface area contributed by atoms with Crippen LogP contribution in [-0.4, -0.2) is 63.5 Å². The molecule has 0 bridgehead atoms. The number of ether oxygens (including phenoxy) is 3. The Morgan fingerprint density at radius 1 is 1.14 bits per heavy atom. The van der Waals surface area contributed by atoms with Crippen molar-refractivity contribution in [2.45, 2.75) is 45.4 Å². The zero-order valence-corrected chi connectivity index (χ0v) is 22.9. The third-order valence-electron chi connectivity index (χ3n) is 7.50. The summed E-state index contributed by atoms with van der Waals surface area (Å²) in [5.41, 5.74) is 3.69. The Morgan fingerprint density at radius 3 is 2.56 bits per heavy atom. The van der Waals surface area contributed by atoms with Crippen molar-refractivity contribution in [2.24, 2.45) is 11.3 Å². The summed E-state index contributed by atoms with van der Waals surface area (Å²) < 4.78 is 16.6. The van der Waals surface area contributed by atoms with E-state index in [1.807, 2.05) is 18.2 Å². The van der Waals surface area contributed by atoms with Gasteiger partial charge in [-0.05, 0) is 92.1 Å². The van der Waals surface area contributed by atoms with Gasteiger partial charge in [0.05, 0.1) is 20.8 Å². The minimum atomic E-state index is -0.929. The van der Waals surface area contributed by atoms with Gasteiger partial charge in [-0.25, -0.2) is 4.79 Å². The molecule has 2 aromatic rings. The Hall–Kier alpha value is -2.28. The van der Waals surface area contributed by atoms with E-state index in [0.717, 1.165) is 55.3 Å². The van der Waals surface area contributed by atoms with Crippen molar-refractivity contribution in [1.29, 1.82) is 0 Å². The van der Waals surface area contributed by atoms with Gasteiger partial charge in [-0.3, -0.25) is 0 Å². The SMILES string of the molecule is COc1ccc(CCN(C)CC[C@@]2(COCC(=O)O)CCc3cc(Cl)ccc3[C@@H]2C(C)C)cc1OC. The van der Waals surface area contributed by atoms with Gasteiger partial charge in [0.25, 0.3) is 0 Å². The number of benzene rings is 2. The van der Waals surface area contributed by atoms with Gasteiger partial charge in [-0.2, -0.15) is 0 Å². The second-order valence-corrected chi connectivity index (χ2v) is 10.7. The van der Waals surface area contributed by atoms with E-state index in [0.29, 0.717) is 12.5 Å². The Labute approximate surface area is 220 Å². The van der Waals surface area contributed by atoms with Gasteiger partial charge in [0.1, 0.15) is 6.61 Å². The number of carbonyl (C=O) groups is 1. The first-order chi connectivity index (χ1) is 17.2. The summed E-state index contributed by atoms with van der Waals surface area (Å²) in [5.74, 6) is 1.20. The van der Waals surface area contributed by atoms with E-state index in [4.69, 9.17) is 25.8 Å². The minimum absolute atomic E-state index is 0.137. The molecule has 0 aliphatic heterocycles. The number of methoxy groups -OCH3 is 2. The maximum absolute atomic E-state index is 11.2. The van der Waals surface area contributed by atoms with Crippen LogP contribution in [-0.2, 0) is 22.4 Å². The number of carboxylic acid groups (broad SMARTS) is 1. The zero-order chi connectivity index (χ0) is 26.3. The second-order valence-electron chi connectivity index (χ2n) is 10.3. The fourth-order valence-electron chi connectivity index (χ4n) is 5.77. The van der Waals surface area contributed by atoms with E-state index in [9.17, 15) is 9.90 Å². The fraction of sp³-hybridized carbons (Fsp3) is 0.552. The van der Waals surface area contributed by atoms with Gasteiger partial charge in [0, 0.05) is 17.0 Å². The number of aryl methyl sites for hydroxylation is 1. The van der Waals surface area contributed by atoms with Crippen LogP contribution in [0.15, 0.2) is 36.4 Å². The monoisotopic (exact) mass is 517 g/mol. The molecule has 1 aliphatic rings. The Morgan fingerprint density at radius 2 is 1.89 bits per heavy atom. The molecule has 2 atom stereocenters. The summed E-state index contributed by atoms with van der Waals surface area (Å²) in [5, 5.41) is 9.96. The first-order valence-electron chi connectivity index (χ1n) is 12.7. The molecule has 0 spiro atoms. The van der Waals surface area contributed by atoms with Crippen LogP contribution in [0, 0.1) is 11.3 Å². The van der Waals surface area contributed by atoms with Crippen molar-refractivity contribution in [3.05, 3.63) is 58.1 Å². The average Bonchev–Trinajstić information content (AvgIpc) is 2.85. The van der Waals surface area contributed by atoms with Crippen molar-refractivity contribution in [2.75, 3.05) is 47.6 Å². The fourth-order valence-corrected chi connectivity index (χ4v) is 5.96. The lowest BCUT2D eigenvalue weighted by Gasteiger charge is -2.48. The maximum Gasteiger partial charge on any atom is 0.329 e. The number of likely N-dealkylation sites (N-methyl/N-ethyl adjacent to an activating group) is 1. The molecule has 0 heterocycles. The standard InChI is InChI=1S/C29H40ClNO5/c1-20(2)28-24-8-7-23(30)17-22(24)10-12-29(28,19-36-18-27(32)33)13-15-31(3)14-11-21-6-9-25(34-4)26(16-21)35-5/h6-9,16-17,20,28H,10-15,18-19H2,1-5H3,(H,32,33)/t28-,29+/m0/s1. The first kappa shape index (κ1) is 28.3. The highest BCUT2D eigenvalue weighted by Gasteiger charge is 2.44. The van der Waals surface area contributed by atoms with Crippen LogP contribution in [0.5, 0.6) is 11.5 Å². The van der Waals surface area contributed by atoms with Gasteiger partial charge < -0.3 is 24.2 Å². The maximum atomic E-state index is 11.2. The molecule has 0 fully saturated rings. The Bertz CT molecular complexity index is 1030. The van der Waals surface area contributed by atoms with Crippen LogP contribution < -0.4 is 9.47 Å². The molecule has 3 rings (SSSR count). The Balaban J connectivity index is 1.74. The molecule has 36 heavy (non-hydrogen) atoms. The van der Waals surface area contributed by atoms with E-state index in [2.05, 4.69) is 44.0 Å². The van der Waals surface area contributed by atoms with E-state index >= 15 is 0 Å². The zero-order valence-electron chi connectivity index (χ0n) is 22.2. The smallest absolute Gasteiger partial charge is 0.329 e. The highest BCUT2D eigenvalue weighted by atomic mass is 35.5. The van der Waals surface area contributed by atoms with Crippen LogP contribution in [0.4, 0.5) is 0 Å². The summed E-state index contributed by atoms with van der Waals surface area (Å²) >= 11 is 6.31. The number of hydrogen-bond acceptors (Lipinski definition) is 5. The van der Waals surface area contributed by atoms with Gasteiger partial charge in [-0.1, -0.05) is 37.6 Å². The van der Waals surface area contributed by atoms with Crippen molar-refractivity contribution in [1.82, 2.24) is 4.90 Å². The van der Waals surface area contributed by atoms with Gasteiger partial charge in [-0.15, -0.1) is 0 Å². The van der Waals surface area contributed by atoms with Crippen molar-refractivity contribution in [3.63, 3.8) is 0 Å². The van der Waals surface area contributed by atoms with E-state index < -0.39 is 5.97 Å². The molecule has 0 radical (unpaired) electrons. The normalized spacial score (nSPS) is 19.4.